The maximum atomic E-state index is 12.6. The fourth-order valence-corrected chi connectivity index (χ4v) is 2.20. The van der Waals surface area contributed by atoms with Gasteiger partial charge in [0.25, 0.3) is 0 Å². The Kier molecular flexibility index (Phi) is 4.51. The van der Waals surface area contributed by atoms with Crippen molar-refractivity contribution in [3.05, 3.63) is 36.2 Å². The molecule has 1 heterocycles. The third-order valence-electron chi connectivity index (χ3n) is 2.51. The normalized spacial score (nSPS) is 13.0. The molecule has 1 unspecified atom stereocenters. The molecule has 0 aliphatic rings. The Balaban J connectivity index is 2.02. The Morgan fingerprint density at radius 2 is 2.19 bits per heavy atom. The molecule has 9 heteroatoms. The highest BCUT2D eigenvalue weighted by atomic mass is 32.2. The topological polar surface area (TPSA) is 70.7 Å². The van der Waals surface area contributed by atoms with E-state index in [0.717, 1.165) is 23.9 Å². The van der Waals surface area contributed by atoms with Crippen LogP contribution in [0.5, 0.6) is 0 Å². The van der Waals surface area contributed by atoms with E-state index in [2.05, 4.69) is 20.5 Å². The van der Waals surface area contributed by atoms with Gasteiger partial charge in [0, 0.05) is 5.69 Å². The summed E-state index contributed by atoms with van der Waals surface area (Å²) in [4.78, 5) is 15.8. The summed E-state index contributed by atoms with van der Waals surface area (Å²) in [5, 5.41) is 8.60. The van der Waals surface area contributed by atoms with Gasteiger partial charge in [-0.1, -0.05) is 17.8 Å². The van der Waals surface area contributed by atoms with Gasteiger partial charge in [0.1, 0.15) is 6.33 Å². The molecule has 1 aromatic heterocycles. The lowest BCUT2D eigenvalue weighted by Gasteiger charge is -2.12. The van der Waals surface area contributed by atoms with Crippen LogP contribution in [0.4, 0.5) is 18.9 Å². The molecule has 0 aliphatic carbocycles. The van der Waals surface area contributed by atoms with Crippen LogP contribution in [0.2, 0.25) is 0 Å². The Morgan fingerprint density at radius 3 is 2.81 bits per heavy atom. The Morgan fingerprint density at radius 1 is 1.43 bits per heavy atom. The number of anilines is 1. The van der Waals surface area contributed by atoms with Gasteiger partial charge in [0.05, 0.1) is 10.8 Å². The SMILES string of the molecule is CC(Sc1ncn[nH]1)C(=O)Nc1cccc(C(F)(F)F)c1. The number of nitrogens with zero attached hydrogens (tertiary/aromatic N) is 2. The number of aromatic nitrogens is 3. The van der Waals surface area contributed by atoms with Crippen LogP contribution in [0, 0.1) is 0 Å². The average Bonchev–Trinajstić information content (AvgIpc) is 2.91. The molecule has 0 saturated heterocycles. The van der Waals surface area contributed by atoms with Crippen molar-refractivity contribution in [2.75, 3.05) is 5.32 Å². The number of thioether (sulfide) groups is 1. The van der Waals surface area contributed by atoms with E-state index >= 15 is 0 Å². The van der Waals surface area contributed by atoms with E-state index in [1.807, 2.05) is 0 Å². The van der Waals surface area contributed by atoms with E-state index in [1.165, 1.54) is 18.5 Å². The number of nitrogens with one attached hydrogen (secondary N) is 2. The van der Waals surface area contributed by atoms with Crippen molar-refractivity contribution < 1.29 is 18.0 Å². The second-order valence-corrected chi connectivity index (χ2v) is 5.45. The van der Waals surface area contributed by atoms with E-state index in [0.29, 0.717) is 5.16 Å². The number of rotatable bonds is 4. The summed E-state index contributed by atoms with van der Waals surface area (Å²) in [6, 6.07) is 4.48. The fraction of sp³-hybridized carbons (Fsp3) is 0.250. The van der Waals surface area contributed by atoms with Gasteiger partial charge in [-0.05, 0) is 25.1 Å². The van der Waals surface area contributed by atoms with Crippen molar-refractivity contribution in [2.45, 2.75) is 23.5 Å². The number of H-pyrrole nitrogens is 1. The van der Waals surface area contributed by atoms with Gasteiger partial charge in [-0.25, -0.2) is 4.98 Å². The van der Waals surface area contributed by atoms with Gasteiger partial charge in [-0.15, -0.1) is 0 Å². The molecule has 2 N–H and O–H groups in total. The molecule has 2 aromatic rings. The third-order valence-corrected chi connectivity index (χ3v) is 3.50. The second-order valence-electron chi connectivity index (χ2n) is 4.12. The predicted molar refractivity (Wildman–Crippen MR) is 71.8 cm³/mol. The molecule has 5 nitrogen and oxygen atoms in total. The molecule has 2 rings (SSSR count). The Bertz CT molecular complexity index is 615. The monoisotopic (exact) mass is 316 g/mol. The van der Waals surface area contributed by atoms with Gasteiger partial charge < -0.3 is 5.32 Å². The zero-order valence-corrected chi connectivity index (χ0v) is 11.6. The minimum atomic E-state index is -4.44. The van der Waals surface area contributed by atoms with Gasteiger partial charge in [0.15, 0.2) is 5.16 Å². The molecule has 0 radical (unpaired) electrons. The lowest BCUT2D eigenvalue weighted by atomic mass is 10.2. The third kappa shape index (κ3) is 4.22. The minimum absolute atomic E-state index is 0.0971. The van der Waals surface area contributed by atoms with Crippen LogP contribution in [-0.4, -0.2) is 26.3 Å². The zero-order valence-electron chi connectivity index (χ0n) is 10.8. The standard InChI is InChI=1S/C12H11F3N4OS/c1-7(21-11-16-6-17-19-11)10(20)18-9-4-2-3-8(5-9)12(13,14)15/h2-7H,1H3,(H,18,20)(H,16,17,19). The first-order valence-corrected chi connectivity index (χ1v) is 6.74. The molecule has 0 fully saturated rings. The molecule has 0 bridgehead atoms. The van der Waals surface area contributed by atoms with Crippen LogP contribution in [0.1, 0.15) is 12.5 Å². The quantitative estimate of drug-likeness (QED) is 0.851. The molecule has 21 heavy (non-hydrogen) atoms. The van der Waals surface area contributed by atoms with Crippen LogP contribution in [0.25, 0.3) is 0 Å². The number of amides is 1. The summed E-state index contributed by atoms with van der Waals surface area (Å²) in [7, 11) is 0. The maximum Gasteiger partial charge on any atom is 0.416 e. The van der Waals surface area contributed by atoms with Crippen LogP contribution < -0.4 is 5.32 Å². The summed E-state index contributed by atoms with van der Waals surface area (Å²) < 4.78 is 37.7. The highest BCUT2D eigenvalue weighted by Crippen LogP contribution is 2.30. The Labute approximate surface area is 122 Å². The van der Waals surface area contributed by atoms with E-state index in [1.54, 1.807) is 6.92 Å². The van der Waals surface area contributed by atoms with E-state index in [9.17, 15) is 18.0 Å². The van der Waals surface area contributed by atoms with E-state index < -0.39 is 22.9 Å². The number of carbonyl (C=O) groups excluding carboxylic acids is 1. The lowest BCUT2D eigenvalue weighted by molar-refractivity contribution is -0.137. The van der Waals surface area contributed by atoms with Crippen molar-refractivity contribution in [3.63, 3.8) is 0 Å². The first kappa shape index (κ1) is 15.4. The first-order chi connectivity index (χ1) is 9.86. The molecule has 0 aliphatic heterocycles. The maximum absolute atomic E-state index is 12.6. The number of halogens is 3. The van der Waals surface area contributed by atoms with Crippen molar-refractivity contribution in [3.8, 4) is 0 Å². The molecule has 0 saturated carbocycles. The van der Waals surface area contributed by atoms with Crippen LogP contribution in [0.15, 0.2) is 35.7 Å². The van der Waals surface area contributed by atoms with Crippen LogP contribution in [-0.2, 0) is 11.0 Å². The van der Waals surface area contributed by atoms with Crippen molar-refractivity contribution in [2.24, 2.45) is 0 Å². The molecule has 1 atom stereocenters. The molecule has 1 aromatic carbocycles. The number of hydrogen-bond donors (Lipinski definition) is 2. The number of benzene rings is 1. The summed E-state index contributed by atoms with van der Waals surface area (Å²) >= 11 is 1.12. The van der Waals surface area contributed by atoms with Crippen LogP contribution >= 0.6 is 11.8 Å². The largest absolute Gasteiger partial charge is 0.416 e. The summed E-state index contributed by atoms with van der Waals surface area (Å²) in [6.07, 6.45) is -3.14. The minimum Gasteiger partial charge on any atom is -0.325 e. The van der Waals surface area contributed by atoms with Crippen molar-refractivity contribution >= 4 is 23.4 Å². The van der Waals surface area contributed by atoms with Crippen molar-refractivity contribution in [1.29, 1.82) is 0 Å². The Hall–Kier alpha value is -2.03. The highest BCUT2D eigenvalue weighted by molar-refractivity contribution is 8.00. The highest BCUT2D eigenvalue weighted by Gasteiger charge is 2.30. The molecular weight excluding hydrogens is 305 g/mol. The average molecular weight is 316 g/mol. The fourth-order valence-electron chi connectivity index (χ4n) is 1.49. The number of carbonyl (C=O) groups is 1. The summed E-state index contributed by atoms with van der Waals surface area (Å²) in [5.74, 6) is -0.421. The van der Waals surface area contributed by atoms with Gasteiger partial charge in [-0.2, -0.15) is 18.3 Å². The molecule has 0 spiro atoms. The van der Waals surface area contributed by atoms with Gasteiger partial charge in [0.2, 0.25) is 5.91 Å². The summed E-state index contributed by atoms with van der Waals surface area (Å²) in [5.41, 5.74) is -0.712. The van der Waals surface area contributed by atoms with Crippen LogP contribution in [0.3, 0.4) is 0 Å². The molecule has 112 valence electrons. The van der Waals surface area contributed by atoms with Crippen molar-refractivity contribution in [1.82, 2.24) is 15.2 Å². The predicted octanol–water partition coefficient (Wildman–Crippen LogP) is 2.94. The molecule has 1 amide bonds. The summed E-state index contributed by atoms with van der Waals surface area (Å²) in [6.45, 7) is 1.62. The van der Waals surface area contributed by atoms with Gasteiger partial charge >= 0.3 is 6.18 Å². The zero-order chi connectivity index (χ0) is 15.5. The van der Waals surface area contributed by atoms with E-state index in [4.69, 9.17) is 0 Å². The smallest absolute Gasteiger partial charge is 0.325 e. The second kappa shape index (κ2) is 6.17. The van der Waals surface area contributed by atoms with Gasteiger partial charge in [-0.3, -0.25) is 9.89 Å². The number of hydrogen-bond acceptors (Lipinski definition) is 4. The first-order valence-electron chi connectivity index (χ1n) is 5.86. The lowest BCUT2D eigenvalue weighted by Crippen LogP contribution is -2.22. The number of aromatic amines is 1. The van der Waals surface area contributed by atoms with E-state index in [-0.39, 0.29) is 5.69 Å². The molecular formula is C12H11F3N4OS. The number of alkyl halides is 3.